The second kappa shape index (κ2) is 7.33. The van der Waals surface area contributed by atoms with Gasteiger partial charge < -0.3 is 10.5 Å². The molecule has 0 spiro atoms. The molecule has 3 nitrogen and oxygen atoms in total. The van der Waals surface area contributed by atoms with Gasteiger partial charge in [-0.2, -0.15) is 11.8 Å². The summed E-state index contributed by atoms with van der Waals surface area (Å²) in [5, 5.41) is 0. The fourth-order valence-electron chi connectivity index (χ4n) is 1.27. The van der Waals surface area contributed by atoms with Crippen LogP contribution in [0, 0.1) is 11.6 Å². The molecule has 1 aromatic carbocycles. The van der Waals surface area contributed by atoms with Crippen LogP contribution in [0.15, 0.2) is 18.2 Å². The van der Waals surface area contributed by atoms with E-state index in [1.54, 1.807) is 6.92 Å². The summed E-state index contributed by atoms with van der Waals surface area (Å²) in [5.41, 5.74) is 5.83. The van der Waals surface area contributed by atoms with Gasteiger partial charge >= 0.3 is 5.97 Å². The molecule has 0 aromatic heterocycles. The van der Waals surface area contributed by atoms with E-state index in [-0.39, 0.29) is 17.9 Å². The normalized spacial score (nSPS) is 12.2. The van der Waals surface area contributed by atoms with Gasteiger partial charge in [0, 0.05) is 17.1 Å². The van der Waals surface area contributed by atoms with Gasteiger partial charge in [-0.3, -0.25) is 4.79 Å². The number of benzene rings is 1. The fraction of sp³-hybridized carbons (Fsp3) is 0.417. The van der Waals surface area contributed by atoms with E-state index in [1.165, 1.54) is 11.8 Å². The monoisotopic (exact) mass is 275 g/mol. The molecule has 0 aliphatic heterocycles. The van der Waals surface area contributed by atoms with E-state index >= 15 is 0 Å². The van der Waals surface area contributed by atoms with Crippen LogP contribution in [0.25, 0.3) is 0 Å². The zero-order valence-corrected chi connectivity index (χ0v) is 10.8. The van der Waals surface area contributed by atoms with Crippen LogP contribution in [0.3, 0.4) is 0 Å². The summed E-state index contributed by atoms with van der Waals surface area (Å²) in [6.07, 6.45) is 0. The van der Waals surface area contributed by atoms with E-state index in [0.717, 1.165) is 18.2 Å². The number of nitrogens with two attached hydrogens (primary N) is 1. The topological polar surface area (TPSA) is 52.3 Å². The highest BCUT2D eigenvalue weighted by Gasteiger charge is 2.14. The fourth-order valence-corrected chi connectivity index (χ4v) is 2.22. The molecule has 0 fully saturated rings. The lowest BCUT2D eigenvalue weighted by molar-refractivity contribution is -0.144. The second-order valence-corrected chi connectivity index (χ2v) is 4.64. The van der Waals surface area contributed by atoms with E-state index in [4.69, 9.17) is 10.5 Å². The predicted molar refractivity (Wildman–Crippen MR) is 67.1 cm³/mol. The highest BCUT2D eigenvalue weighted by molar-refractivity contribution is 7.98. The maximum atomic E-state index is 13.3. The molecule has 0 aliphatic rings. The number of rotatable bonds is 6. The van der Waals surface area contributed by atoms with Crippen LogP contribution in [0.4, 0.5) is 8.78 Å². The zero-order valence-electron chi connectivity index (χ0n) is 9.99. The van der Waals surface area contributed by atoms with Crippen LogP contribution in [0.2, 0.25) is 0 Å². The number of carbonyl (C=O) groups excluding carboxylic acids is 1. The van der Waals surface area contributed by atoms with E-state index in [2.05, 4.69) is 0 Å². The van der Waals surface area contributed by atoms with Gasteiger partial charge in [0.05, 0.1) is 6.61 Å². The van der Waals surface area contributed by atoms with Gasteiger partial charge in [0.2, 0.25) is 0 Å². The Morgan fingerprint density at radius 2 is 2.22 bits per heavy atom. The van der Waals surface area contributed by atoms with E-state index in [9.17, 15) is 13.6 Å². The van der Waals surface area contributed by atoms with Gasteiger partial charge in [0.15, 0.2) is 0 Å². The van der Waals surface area contributed by atoms with Crippen molar-refractivity contribution in [2.75, 3.05) is 12.4 Å². The van der Waals surface area contributed by atoms with Crippen molar-refractivity contribution in [2.45, 2.75) is 18.7 Å². The molecule has 0 aliphatic carbocycles. The van der Waals surface area contributed by atoms with Crippen molar-refractivity contribution in [1.29, 1.82) is 0 Å². The first-order valence-electron chi connectivity index (χ1n) is 5.48. The number of hydrogen-bond donors (Lipinski definition) is 1. The summed E-state index contributed by atoms with van der Waals surface area (Å²) in [6.45, 7) is 1.97. The first-order valence-corrected chi connectivity index (χ1v) is 6.64. The summed E-state index contributed by atoms with van der Waals surface area (Å²) in [4.78, 5) is 11.2. The van der Waals surface area contributed by atoms with Gasteiger partial charge in [-0.05, 0) is 25.1 Å². The second-order valence-electron chi connectivity index (χ2n) is 3.61. The van der Waals surface area contributed by atoms with Crippen LogP contribution >= 0.6 is 11.8 Å². The first-order chi connectivity index (χ1) is 8.54. The minimum Gasteiger partial charge on any atom is -0.465 e. The van der Waals surface area contributed by atoms with Crippen molar-refractivity contribution in [3.05, 3.63) is 35.4 Å². The Morgan fingerprint density at radius 1 is 1.50 bits per heavy atom. The molecule has 6 heteroatoms. The summed E-state index contributed by atoms with van der Waals surface area (Å²) in [5.74, 6) is -0.870. The largest absolute Gasteiger partial charge is 0.465 e. The maximum absolute atomic E-state index is 13.3. The molecule has 0 heterocycles. The lowest BCUT2D eigenvalue weighted by Crippen LogP contribution is -2.34. The molecule has 18 heavy (non-hydrogen) atoms. The molecule has 2 N–H and O–H groups in total. The number of ether oxygens (including phenoxy) is 1. The average molecular weight is 275 g/mol. The quantitative estimate of drug-likeness (QED) is 0.808. The number of thioether (sulfide) groups is 1. The number of carbonyl (C=O) groups is 1. The molecular formula is C12H15F2NO2S. The molecule has 0 radical (unpaired) electrons. The molecule has 1 aromatic rings. The van der Waals surface area contributed by atoms with Gasteiger partial charge in [0.25, 0.3) is 0 Å². The zero-order chi connectivity index (χ0) is 13.5. The van der Waals surface area contributed by atoms with Crippen LogP contribution in [0.1, 0.15) is 12.5 Å². The van der Waals surface area contributed by atoms with Gasteiger partial charge in [-0.25, -0.2) is 8.78 Å². The van der Waals surface area contributed by atoms with Crippen molar-refractivity contribution < 1.29 is 18.3 Å². The number of halogens is 2. The van der Waals surface area contributed by atoms with Gasteiger partial charge in [-0.15, -0.1) is 0 Å². The van der Waals surface area contributed by atoms with Gasteiger partial charge in [0.1, 0.15) is 17.7 Å². The molecule has 1 atom stereocenters. The van der Waals surface area contributed by atoms with Crippen molar-refractivity contribution in [3.8, 4) is 0 Å². The molecule has 0 bridgehead atoms. The van der Waals surface area contributed by atoms with Crippen LogP contribution in [-0.2, 0) is 15.3 Å². The maximum Gasteiger partial charge on any atom is 0.323 e. The highest BCUT2D eigenvalue weighted by atomic mass is 32.2. The third-order valence-electron chi connectivity index (χ3n) is 2.15. The average Bonchev–Trinajstić information content (AvgIpc) is 2.33. The summed E-state index contributed by atoms with van der Waals surface area (Å²) in [7, 11) is 0. The molecule has 0 saturated heterocycles. The molecule has 100 valence electrons. The lowest BCUT2D eigenvalue weighted by atomic mass is 10.2. The Balaban J connectivity index is 2.41. The smallest absolute Gasteiger partial charge is 0.323 e. The number of hydrogen-bond acceptors (Lipinski definition) is 4. The van der Waals surface area contributed by atoms with Crippen molar-refractivity contribution in [2.24, 2.45) is 5.73 Å². The highest BCUT2D eigenvalue weighted by Crippen LogP contribution is 2.17. The van der Waals surface area contributed by atoms with Crippen LogP contribution in [-0.4, -0.2) is 24.4 Å². The number of esters is 1. The van der Waals surface area contributed by atoms with E-state index < -0.39 is 23.6 Å². The minimum absolute atomic E-state index is 0.260. The van der Waals surface area contributed by atoms with E-state index in [1.807, 2.05) is 0 Å². The SMILES string of the molecule is CCOC(=O)C(N)CSCc1cc(F)ccc1F. The van der Waals surface area contributed by atoms with Crippen LogP contribution in [0.5, 0.6) is 0 Å². The Hall–Kier alpha value is -1.14. The molecule has 0 amide bonds. The van der Waals surface area contributed by atoms with Crippen molar-refractivity contribution in [3.63, 3.8) is 0 Å². The Labute approximate surface area is 109 Å². The molecule has 0 saturated carbocycles. The van der Waals surface area contributed by atoms with Crippen molar-refractivity contribution in [1.82, 2.24) is 0 Å². The molecule has 1 unspecified atom stereocenters. The Bertz CT molecular complexity index is 415. The third-order valence-corrected chi connectivity index (χ3v) is 3.26. The third kappa shape index (κ3) is 4.62. The predicted octanol–water partition coefficient (Wildman–Crippen LogP) is 2.09. The summed E-state index contributed by atoms with van der Waals surface area (Å²) >= 11 is 1.26. The lowest BCUT2D eigenvalue weighted by Gasteiger charge is -2.10. The molecule has 1 rings (SSSR count). The minimum atomic E-state index is -0.744. The van der Waals surface area contributed by atoms with E-state index in [0.29, 0.717) is 5.75 Å². The summed E-state index contributed by atoms with van der Waals surface area (Å²) in [6, 6.07) is 2.54. The molecular weight excluding hydrogens is 260 g/mol. The Morgan fingerprint density at radius 3 is 2.89 bits per heavy atom. The van der Waals surface area contributed by atoms with Gasteiger partial charge in [-0.1, -0.05) is 0 Å². The van der Waals surface area contributed by atoms with Crippen LogP contribution < -0.4 is 5.73 Å². The first kappa shape index (κ1) is 14.9. The Kier molecular flexibility index (Phi) is 6.07. The van der Waals surface area contributed by atoms with Crippen molar-refractivity contribution >= 4 is 17.7 Å². The summed E-state index contributed by atoms with van der Waals surface area (Å²) < 4.78 is 30.9. The standard InChI is InChI=1S/C12H15F2NO2S/c1-2-17-12(16)11(15)7-18-6-8-5-9(13)3-4-10(8)14/h3-5,11H,2,6-7,15H2,1H3.